The van der Waals surface area contributed by atoms with Gasteiger partial charge in [-0.15, -0.1) is 0 Å². The molecule has 112 valence electrons. The summed E-state index contributed by atoms with van der Waals surface area (Å²) in [7, 11) is 0. The van der Waals surface area contributed by atoms with Crippen LogP contribution in [-0.2, 0) is 0 Å². The zero-order chi connectivity index (χ0) is 15.7. The third-order valence-corrected chi connectivity index (χ3v) is 3.42. The number of fused-ring (bicyclic) bond motifs is 1. The van der Waals surface area contributed by atoms with Gasteiger partial charge in [0.05, 0.1) is 17.7 Å². The summed E-state index contributed by atoms with van der Waals surface area (Å²) in [6, 6.07) is 9.68. The molecule has 0 spiro atoms. The predicted molar refractivity (Wildman–Crippen MR) is 81.8 cm³/mol. The maximum absolute atomic E-state index is 12.2. The molecule has 1 N–H and O–H groups in total. The molecule has 5 heteroatoms. The van der Waals surface area contributed by atoms with Crippen molar-refractivity contribution in [2.45, 2.75) is 19.9 Å². The van der Waals surface area contributed by atoms with Crippen molar-refractivity contribution in [3.8, 4) is 0 Å². The van der Waals surface area contributed by atoms with Crippen molar-refractivity contribution in [3.05, 3.63) is 70.0 Å². The van der Waals surface area contributed by atoms with Gasteiger partial charge < -0.3 is 14.2 Å². The summed E-state index contributed by atoms with van der Waals surface area (Å²) in [5, 5.41) is 3.20. The van der Waals surface area contributed by atoms with Crippen molar-refractivity contribution >= 4 is 16.9 Å². The number of carbonyl (C=O) groups excluding carboxylic acids is 1. The van der Waals surface area contributed by atoms with Crippen LogP contribution in [0.15, 0.2) is 56.3 Å². The SMILES string of the molecule is Cc1ccc2oc(C(=O)NC(C)c3ccco3)cc(=O)c2c1. The van der Waals surface area contributed by atoms with Crippen molar-refractivity contribution in [1.29, 1.82) is 0 Å². The molecule has 0 saturated carbocycles. The van der Waals surface area contributed by atoms with Gasteiger partial charge in [-0.1, -0.05) is 11.6 Å². The Morgan fingerprint density at radius 3 is 2.77 bits per heavy atom. The van der Waals surface area contributed by atoms with Crippen molar-refractivity contribution in [2.75, 3.05) is 0 Å². The number of hydrogen-bond acceptors (Lipinski definition) is 4. The quantitative estimate of drug-likeness (QED) is 0.806. The number of aryl methyl sites for hydroxylation is 1. The van der Waals surface area contributed by atoms with E-state index in [0.29, 0.717) is 16.7 Å². The van der Waals surface area contributed by atoms with Crippen LogP contribution in [0, 0.1) is 6.92 Å². The van der Waals surface area contributed by atoms with Gasteiger partial charge in [0.2, 0.25) is 0 Å². The van der Waals surface area contributed by atoms with Crippen LogP contribution >= 0.6 is 0 Å². The van der Waals surface area contributed by atoms with E-state index in [-0.39, 0.29) is 17.2 Å². The first-order chi connectivity index (χ1) is 10.5. The summed E-state index contributed by atoms with van der Waals surface area (Å²) >= 11 is 0. The Labute approximate surface area is 126 Å². The lowest BCUT2D eigenvalue weighted by Crippen LogP contribution is -2.27. The topological polar surface area (TPSA) is 72.5 Å². The number of hydrogen-bond donors (Lipinski definition) is 1. The van der Waals surface area contributed by atoms with E-state index in [2.05, 4.69) is 5.32 Å². The fourth-order valence-corrected chi connectivity index (χ4v) is 2.26. The van der Waals surface area contributed by atoms with Crippen LogP contribution in [-0.4, -0.2) is 5.91 Å². The average Bonchev–Trinajstić information content (AvgIpc) is 3.02. The number of nitrogens with one attached hydrogen (secondary N) is 1. The van der Waals surface area contributed by atoms with Crippen LogP contribution in [0.3, 0.4) is 0 Å². The van der Waals surface area contributed by atoms with E-state index >= 15 is 0 Å². The van der Waals surface area contributed by atoms with Crippen molar-refractivity contribution in [2.24, 2.45) is 0 Å². The number of carbonyl (C=O) groups is 1. The number of furan rings is 1. The summed E-state index contributed by atoms with van der Waals surface area (Å²) in [4.78, 5) is 24.3. The Morgan fingerprint density at radius 2 is 2.05 bits per heavy atom. The maximum atomic E-state index is 12.2. The Morgan fingerprint density at radius 1 is 1.23 bits per heavy atom. The van der Waals surface area contributed by atoms with Crippen LogP contribution < -0.4 is 10.7 Å². The highest BCUT2D eigenvalue weighted by Gasteiger charge is 2.17. The Kier molecular flexibility index (Phi) is 3.55. The van der Waals surface area contributed by atoms with Gasteiger partial charge in [0.25, 0.3) is 5.91 Å². The zero-order valence-electron chi connectivity index (χ0n) is 12.3. The number of rotatable bonds is 3. The molecule has 2 heterocycles. The molecule has 1 atom stereocenters. The molecule has 1 aromatic carbocycles. The predicted octanol–water partition coefficient (Wildman–Crippen LogP) is 3.19. The van der Waals surface area contributed by atoms with Gasteiger partial charge in [0, 0.05) is 6.07 Å². The molecule has 22 heavy (non-hydrogen) atoms. The molecule has 0 radical (unpaired) electrons. The van der Waals surface area contributed by atoms with E-state index < -0.39 is 5.91 Å². The van der Waals surface area contributed by atoms with E-state index in [9.17, 15) is 9.59 Å². The molecule has 3 rings (SSSR count). The van der Waals surface area contributed by atoms with E-state index in [0.717, 1.165) is 5.56 Å². The smallest absolute Gasteiger partial charge is 0.287 e. The molecular weight excluding hydrogens is 282 g/mol. The van der Waals surface area contributed by atoms with E-state index in [1.54, 1.807) is 31.2 Å². The highest BCUT2D eigenvalue weighted by atomic mass is 16.3. The Bertz CT molecular complexity index is 877. The second kappa shape index (κ2) is 5.52. The molecule has 1 amide bonds. The van der Waals surface area contributed by atoms with E-state index in [1.165, 1.54) is 12.3 Å². The van der Waals surface area contributed by atoms with Gasteiger partial charge in [-0.05, 0) is 38.1 Å². The monoisotopic (exact) mass is 297 g/mol. The van der Waals surface area contributed by atoms with Crippen LogP contribution in [0.25, 0.3) is 11.0 Å². The minimum atomic E-state index is -0.455. The third kappa shape index (κ3) is 2.65. The summed E-state index contributed by atoms with van der Waals surface area (Å²) in [5.74, 6) is 0.162. The molecular formula is C17H15NO4. The van der Waals surface area contributed by atoms with Crippen LogP contribution in [0.5, 0.6) is 0 Å². The Hall–Kier alpha value is -2.82. The fraction of sp³-hybridized carbons (Fsp3) is 0.176. The zero-order valence-corrected chi connectivity index (χ0v) is 12.3. The lowest BCUT2D eigenvalue weighted by molar-refractivity contribution is 0.0908. The van der Waals surface area contributed by atoms with Gasteiger partial charge in [-0.2, -0.15) is 0 Å². The van der Waals surface area contributed by atoms with Gasteiger partial charge in [-0.25, -0.2) is 0 Å². The lowest BCUT2D eigenvalue weighted by atomic mass is 10.1. The number of amides is 1. The standard InChI is InChI=1S/C17H15NO4/c1-10-5-6-15-12(8-10)13(19)9-16(22-15)17(20)18-11(2)14-4-3-7-21-14/h3-9,11H,1-2H3,(H,18,20). The maximum Gasteiger partial charge on any atom is 0.287 e. The highest BCUT2D eigenvalue weighted by molar-refractivity contribution is 5.93. The highest BCUT2D eigenvalue weighted by Crippen LogP contribution is 2.16. The third-order valence-electron chi connectivity index (χ3n) is 3.42. The van der Waals surface area contributed by atoms with Gasteiger partial charge in [0.15, 0.2) is 11.2 Å². The van der Waals surface area contributed by atoms with Crippen molar-refractivity contribution in [1.82, 2.24) is 5.32 Å². The van der Waals surface area contributed by atoms with Crippen molar-refractivity contribution < 1.29 is 13.6 Å². The lowest BCUT2D eigenvalue weighted by Gasteiger charge is -2.11. The second-order valence-corrected chi connectivity index (χ2v) is 5.19. The minimum absolute atomic E-state index is 0.0141. The molecule has 1 unspecified atom stereocenters. The Balaban J connectivity index is 1.91. The van der Waals surface area contributed by atoms with Crippen molar-refractivity contribution in [3.63, 3.8) is 0 Å². The minimum Gasteiger partial charge on any atom is -0.467 e. The van der Waals surface area contributed by atoms with E-state index in [4.69, 9.17) is 8.83 Å². The van der Waals surface area contributed by atoms with Crippen LogP contribution in [0.1, 0.15) is 34.8 Å². The largest absolute Gasteiger partial charge is 0.467 e. The second-order valence-electron chi connectivity index (χ2n) is 5.19. The first-order valence-corrected chi connectivity index (χ1v) is 6.93. The molecule has 0 aliphatic rings. The summed E-state index contributed by atoms with van der Waals surface area (Å²) in [6.45, 7) is 3.68. The molecule has 5 nitrogen and oxygen atoms in total. The molecule has 0 aliphatic carbocycles. The number of benzene rings is 1. The summed E-state index contributed by atoms with van der Waals surface area (Å²) in [5.41, 5.74) is 1.12. The average molecular weight is 297 g/mol. The summed E-state index contributed by atoms with van der Waals surface area (Å²) < 4.78 is 10.8. The van der Waals surface area contributed by atoms with Gasteiger partial charge in [-0.3, -0.25) is 9.59 Å². The molecule has 2 aromatic heterocycles. The fourth-order valence-electron chi connectivity index (χ4n) is 2.26. The first-order valence-electron chi connectivity index (χ1n) is 6.93. The first kappa shape index (κ1) is 14.1. The molecule has 0 fully saturated rings. The van der Waals surface area contributed by atoms with Gasteiger partial charge >= 0.3 is 0 Å². The van der Waals surface area contributed by atoms with Crippen LogP contribution in [0.4, 0.5) is 0 Å². The van der Waals surface area contributed by atoms with Gasteiger partial charge in [0.1, 0.15) is 11.3 Å². The molecule has 0 saturated heterocycles. The van der Waals surface area contributed by atoms with Crippen LogP contribution in [0.2, 0.25) is 0 Å². The molecule has 0 aliphatic heterocycles. The van der Waals surface area contributed by atoms with E-state index in [1.807, 2.05) is 13.0 Å². The molecule has 0 bridgehead atoms. The summed E-state index contributed by atoms with van der Waals surface area (Å²) in [6.07, 6.45) is 1.54. The molecule has 3 aromatic rings. The normalized spacial score (nSPS) is 12.3.